The Labute approximate surface area is 184 Å². The Morgan fingerprint density at radius 1 is 0.774 bits per heavy atom. The minimum absolute atomic E-state index is 0.303. The molecule has 0 atom stereocenters. The summed E-state index contributed by atoms with van der Waals surface area (Å²) in [5.74, 6) is -1.93. The third-order valence-electron chi connectivity index (χ3n) is 5.33. The summed E-state index contributed by atoms with van der Waals surface area (Å²) in [5, 5.41) is 0.784. The van der Waals surface area contributed by atoms with Crippen molar-refractivity contribution in [3.05, 3.63) is 106 Å². The molecule has 0 saturated carbocycles. The standard InChI is InChI=1S/C26H20ClF3O/c1-31-15-17-3-2-4-19(11-17)20-9-10-22-21(14-20)8-7-18(26(22)30)6-5-16-12-23(28)25(27)24(29)13-16/h2-4,7-14H,5-6,15H2,1H3. The monoisotopic (exact) mass is 440 g/mol. The third-order valence-corrected chi connectivity index (χ3v) is 5.69. The molecule has 0 spiro atoms. The van der Waals surface area contributed by atoms with Gasteiger partial charge in [-0.2, -0.15) is 0 Å². The summed E-state index contributed by atoms with van der Waals surface area (Å²) in [6.07, 6.45) is 0.626. The third kappa shape index (κ3) is 4.60. The van der Waals surface area contributed by atoms with Crippen LogP contribution in [-0.4, -0.2) is 7.11 Å². The van der Waals surface area contributed by atoms with Crippen molar-refractivity contribution in [3.8, 4) is 11.1 Å². The van der Waals surface area contributed by atoms with E-state index in [4.69, 9.17) is 16.3 Å². The van der Waals surface area contributed by atoms with Crippen LogP contribution in [0.4, 0.5) is 13.2 Å². The topological polar surface area (TPSA) is 9.23 Å². The van der Waals surface area contributed by atoms with Crippen LogP contribution < -0.4 is 0 Å². The van der Waals surface area contributed by atoms with Crippen molar-refractivity contribution in [3.63, 3.8) is 0 Å². The first kappa shape index (κ1) is 21.4. The highest BCUT2D eigenvalue weighted by molar-refractivity contribution is 6.30. The second-order valence-corrected chi connectivity index (χ2v) is 7.86. The first-order valence-corrected chi connectivity index (χ1v) is 10.3. The summed E-state index contributed by atoms with van der Waals surface area (Å²) in [6, 6.07) is 19.6. The SMILES string of the molecule is COCc1cccc(-c2ccc3c(F)c(CCc4cc(F)c(Cl)c(F)c4)ccc3c2)c1. The molecular weight excluding hydrogens is 421 g/mol. The number of fused-ring (bicyclic) bond motifs is 1. The number of ether oxygens (including phenoxy) is 1. The molecule has 0 radical (unpaired) electrons. The molecule has 158 valence electrons. The van der Waals surface area contributed by atoms with E-state index in [1.165, 1.54) is 12.1 Å². The Hall–Kier alpha value is -2.82. The largest absolute Gasteiger partial charge is 0.380 e. The maximum Gasteiger partial charge on any atom is 0.145 e. The molecule has 5 heteroatoms. The molecule has 0 aliphatic rings. The summed E-state index contributed by atoms with van der Waals surface area (Å²) in [7, 11) is 1.66. The zero-order valence-corrected chi connectivity index (χ0v) is 17.6. The summed E-state index contributed by atoms with van der Waals surface area (Å²) in [5.41, 5.74) is 4.03. The fourth-order valence-electron chi connectivity index (χ4n) is 3.75. The van der Waals surface area contributed by atoms with Crippen molar-refractivity contribution >= 4 is 22.4 Å². The van der Waals surface area contributed by atoms with Gasteiger partial charge in [-0.15, -0.1) is 0 Å². The molecule has 0 N–H and O–H groups in total. The molecule has 0 aromatic heterocycles. The van der Waals surface area contributed by atoms with Crippen LogP contribution in [0.3, 0.4) is 0 Å². The highest BCUT2D eigenvalue weighted by Gasteiger charge is 2.12. The Balaban J connectivity index is 1.59. The molecule has 0 saturated heterocycles. The predicted octanol–water partition coefficient (Wildman–Crippen LogP) is 7.51. The van der Waals surface area contributed by atoms with Crippen molar-refractivity contribution < 1.29 is 17.9 Å². The molecule has 0 unspecified atom stereocenters. The van der Waals surface area contributed by atoms with Gasteiger partial charge >= 0.3 is 0 Å². The van der Waals surface area contributed by atoms with E-state index in [1.54, 1.807) is 19.2 Å². The molecule has 0 heterocycles. The Bertz CT molecular complexity index is 1230. The summed E-state index contributed by atoms with van der Waals surface area (Å²) >= 11 is 5.52. The maximum atomic E-state index is 15.1. The van der Waals surface area contributed by atoms with Gasteiger partial charge in [0.25, 0.3) is 0 Å². The molecule has 0 amide bonds. The van der Waals surface area contributed by atoms with Gasteiger partial charge in [0.05, 0.1) is 6.61 Å². The molecule has 4 aromatic rings. The molecule has 0 aliphatic heterocycles. The first-order chi connectivity index (χ1) is 15.0. The number of hydrogen-bond donors (Lipinski definition) is 0. The molecular formula is C26H20ClF3O. The van der Waals surface area contributed by atoms with Gasteiger partial charge in [-0.25, -0.2) is 13.2 Å². The predicted molar refractivity (Wildman–Crippen MR) is 119 cm³/mol. The molecule has 4 aromatic carbocycles. The van der Waals surface area contributed by atoms with E-state index in [-0.39, 0.29) is 5.82 Å². The number of methoxy groups -OCH3 is 1. The molecule has 0 aliphatic carbocycles. The Morgan fingerprint density at radius 2 is 1.52 bits per heavy atom. The fraction of sp³-hybridized carbons (Fsp3) is 0.154. The zero-order valence-electron chi connectivity index (χ0n) is 16.9. The molecule has 31 heavy (non-hydrogen) atoms. The highest BCUT2D eigenvalue weighted by Crippen LogP contribution is 2.29. The van der Waals surface area contributed by atoms with Crippen molar-refractivity contribution in [2.24, 2.45) is 0 Å². The van der Waals surface area contributed by atoms with Crippen LogP contribution in [-0.2, 0) is 24.2 Å². The fourth-order valence-corrected chi connectivity index (χ4v) is 3.86. The van der Waals surface area contributed by atoms with Crippen molar-refractivity contribution in [1.29, 1.82) is 0 Å². The second-order valence-electron chi connectivity index (χ2n) is 7.48. The van der Waals surface area contributed by atoms with Crippen LogP contribution in [0.1, 0.15) is 16.7 Å². The smallest absolute Gasteiger partial charge is 0.145 e. The number of hydrogen-bond acceptors (Lipinski definition) is 1. The number of rotatable bonds is 6. The number of halogens is 4. The lowest BCUT2D eigenvalue weighted by Crippen LogP contribution is -1.98. The van der Waals surface area contributed by atoms with E-state index in [2.05, 4.69) is 6.07 Å². The number of aryl methyl sites for hydroxylation is 2. The Morgan fingerprint density at radius 3 is 2.26 bits per heavy atom. The quantitative estimate of drug-likeness (QED) is 0.282. The second kappa shape index (κ2) is 9.13. The van der Waals surface area contributed by atoms with Gasteiger partial charge in [-0.1, -0.05) is 54.1 Å². The van der Waals surface area contributed by atoms with Gasteiger partial charge in [-0.05, 0) is 70.3 Å². The van der Waals surface area contributed by atoms with Crippen molar-refractivity contribution in [1.82, 2.24) is 0 Å². The van der Waals surface area contributed by atoms with E-state index in [9.17, 15) is 8.78 Å². The van der Waals surface area contributed by atoms with Gasteiger partial charge in [0.2, 0.25) is 0 Å². The van der Waals surface area contributed by atoms with Gasteiger partial charge in [0.15, 0.2) is 0 Å². The van der Waals surface area contributed by atoms with Crippen LogP contribution in [0.5, 0.6) is 0 Å². The van der Waals surface area contributed by atoms with Crippen LogP contribution in [0.25, 0.3) is 21.9 Å². The number of benzene rings is 4. The summed E-state index contributed by atoms with van der Waals surface area (Å²) in [4.78, 5) is 0. The van der Waals surface area contributed by atoms with Crippen molar-refractivity contribution in [2.75, 3.05) is 7.11 Å². The van der Waals surface area contributed by atoms with E-state index in [0.29, 0.717) is 36.0 Å². The summed E-state index contributed by atoms with van der Waals surface area (Å²) < 4.78 is 47.6. The minimum Gasteiger partial charge on any atom is -0.380 e. The van der Waals surface area contributed by atoms with Gasteiger partial charge in [0.1, 0.15) is 22.5 Å². The normalized spacial score (nSPS) is 11.3. The van der Waals surface area contributed by atoms with E-state index < -0.39 is 16.7 Å². The molecule has 1 nitrogen and oxygen atoms in total. The van der Waals surface area contributed by atoms with Crippen molar-refractivity contribution in [2.45, 2.75) is 19.4 Å². The highest BCUT2D eigenvalue weighted by atomic mass is 35.5. The van der Waals surface area contributed by atoms with Gasteiger partial charge < -0.3 is 4.74 Å². The van der Waals surface area contributed by atoms with Crippen LogP contribution in [0, 0.1) is 17.5 Å². The van der Waals surface area contributed by atoms with E-state index in [0.717, 1.165) is 22.1 Å². The van der Waals surface area contributed by atoms with Crippen LogP contribution >= 0.6 is 11.6 Å². The molecule has 0 bridgehead atoms. The minimum atomic E-state index is -0.808. The van der Waals surface area contributed by atoms with Gasteiger partial charge in [0, 0.05) is 12.5 Å². The summed E-state index contributed by atoms with van der Waals surface area (Å²) in [6.45, 7) is 0.529. The Kier molecular flexibility index (Phi) is 6.30. The lowest BCUT2D eigenvalue weighted by molar-refractivity contribution is 0.185. The van der Waals surface area contributed by atoms with Gasteiger partial charge in [-0.3, -0.25) is 0 Å². The first-order valence-electron chi connectivity index (χ1n) is 9.89. The van der Waals surface area contributed by atoms with Crippen LogP contribution in [0.2, 0.25) is 5.02 Å². The van der Waals surface area contributed by atoms with E-state index >= 15 is 4.39 Å². The zero-order chi connectivity index (χ0) is 22.0. The average Bonchev–Trinajstić information content (AvgIpc) is 2.77. The van der Waals surface area contributed by atoms with Crippen LogP contribution in [0.15, 0.2) is 66.7 Å². The lowest BCUT2D eigenvalue weighted by atomic mass is 9.96. The molecule has 4 rings (SSSR count). The van der Waals surface area contributed by atoms with E-state index in [1.807, 2.05) is 36.4 Å². The lowest BCUT2D eigenvalue weighted by Gasteiger charge is -2.10. The average molecular weight is 441 g/mol. The molecule has 0 fully saturated rings. The maximum absolute atomic E-state index is 15.1.